The molecule has 1 N–H and O–H groups in total. The minimum absolute atomic E-state index is 0.259. The highest BCUT2D eigenvalue weighted by atomic mass is 127. The third kappa shape index (κ3) is 4.01. The first kappa shape index (κ1) is 18.3. The largest absolute Gasteiger partial charge is 0.318 e. The lowest BCUT2D eigenvalue weighted by Gasteiger charge is -2.09. The second-order valence-corrected chi connectivity index (χ2v) is 7.09. The molecule has 3 rings (SSSR count). The Hall–Kier alpha value is -2.48. The first-order valence-corrected chi connectivity index (χ1v) is 9.07. The molecule has 1 aromatic heterocycles. The van der Waals surface area contributed by atoms with Crippen LogP contribution in [0.15, 0.2) is 59.7 Å². The van der Waals surface area contributed by atoms with E-state index in [1.807, 2.05) is 36.6 Å². The number of halogens is 2. The van der Waals surface area contributed by atoms with Gasteiger partial charge in [-0.05, 0) is 91.0 Å². The molecule has 1 amide bonds. The average molecular weight is 461 g/mol. The van der Waals surface area contributed by atoms with Crippen molar-refractivity contribution in [2.75, 3.05) is 0 Å². The monoisotopic (exact) mass is 461 g/mol. The van der Waals surface area contributed by atoms with Gasteiger partial charge in [-0.25, -0.2) is 9.82 Å². The van der Waals surface area contributed by atoms with E-state index in [4.69, 9.17) is 0 Å². The summed E-state index contributed by atoms with van der Waals surface area (Å²) in [6.07, 6.45) is 1.62. The van der Waals surface area contributed by atoms with E-state index in [0.29, 0.717) is 5.56 Å². The molecule has 0 radical (unpaired) electrons. The summed E-state index contributed by atoms with van der Waals surface area (Å²) in [5, 5.41) is 4.06. The summed E-state index contributed by atoms with van der Waals surface area (Å²) >= 11 is 2.19. The number of hydrogen-bond acceptors (Lipinski definition) is 2. The van der Waals surface area contributed by atoms with E-state index >= 15 is 0 Å². The summed E-state index contributed by atoms with van der Waals surface area (Å²) in [7, 11) is 0. The lowest BCUT2D eigenvalue weighted by molar-refractivity contribution is 0.0955. The van der Waals surface area contributed by atoms with E-state index in [0.717, 1.165) is 26.2 Å². The van der Waals surface area contributed by atoms with Crippen LogP contribution >= 0.6 is 22.6 Å². The summed E-state index contributed by atoms with van der Waals surface area (Å²) in [5.41, 5.74) is 6.82. The molecule has 0 saturated heterocycles. The molecule has 0 aliphatic carbocycles. The fourth-order valence-electron chi connectivity index (χ4n) is 2.73. The van der Waals surface area contributed by atoms with Gasteiger partial charge in [0.25, 0.3) is 5.91 Å². The fraction of sp³-hybridized carbons (Fsp3) is 0.100. The third-order valence-electron chi connectivity index (χ3n) is 4.03. The molecule has 26 heavy (non-hydrogen) atoms. The predicted molar refractivity (Wildman–Crippen MR) is 109 cm³/mol. The van der Waals surface area contributed by atoms with E-state index in [1.54, 1.807) is 30.5 Å². The zero-order valence-corrected chi connectivity index (χ0v) is 16.5. The zero-order valence-electron chi connectivity index (χ0n) is 14.3. The van der Waals surface area contributed by atoms with Crippen LogP contribution in [0, 0.1) is 23.2 Å². The van der Waals surface area contributed by atoms with Gasteiger partial charge in [-0.3, -0.25) is 4.79 Å². The smallest absolute Gasteiger partial charge is 0.271 e. The molecular weight excluding hydrogens is 444 g/mol. The minimum Gasteiger partial charge on any atom is -0.318 e. The summed E-state index contributed by atoms with van der Waals surface area (Å²) in [6, 6.07) is 15.6. The van der Waals surface area contributed by atoms with Crippen LogP contribution in [0.3, 0.4) is 0 Å². The lowest BCUT2D eigenvalue weighted by Crippen LogP contribution is -2.17. The molecule has 2 aromatic carbocycles. The molecule has 0 aliphatic heterocycles. The van der Waals surface area contributed by atoms with Crippen molar-refractivity contribution in [2.45, 2.75) is 13.8 Å². The van der Waals surface area contributed by atoms with Crippen molar-refractivity contribution in [3.63, 3.8) is 0 Å². The molecule has 0 saturated carbocycles. The van der Waals surface area contributed by atoms with Crippen LogP contribution in [0.25, 0.3) is 5.69 Å². The Labute approximate surface area is 164 Å². The normalized spacial score (nSPS) is 11.1. The molecule has 132 valence electrons. The van der Waals surface area contributed by atoms with Crippen LogP contribution in [0.1, 0.15) is 27.3 Å². The van der Waals surface area contributed by atoms with E-state index in [2.05, 4.69) is 33.1 Å². The Kier molecular flexibility index (Phi) is 5.51. The highest BCUT2D eigenvalue weighted by Gasteiger charge is 2.10. The quantitative estimate of drug-likeness (QED) is 0.345. The molecule has 0 fully saturated rings. The maximum Gasteiger partial charge on any atom is 0.271 e. The van der Waals surface area contributed by atoms with Gasteiger partial charge in [-0.15, -0.1) is 0 Å². The zero-order chi connectivity index (χ0) is 18.7. The Balaban J connectivity index is 1.77. The fourth-order valence-corrected chi connectivity index (χ4v) is 3.09. The second-order valence-electron chi connectivity index (χ2n) is 5.84. The number of aryl methyl sites for hydroxylation is 1. The van der Waals surface area contributed by atoms with Gasteiger partial charge < -0.3 is 4.57 Å². The third-order valence-corrected chi connectivity index (χ3v) is 4.75. The SMILES string of the molecule is Cc1cc(/C=N\NC(=O)c2ccc(I)cc2)c(C)n1-c1ccc(F)cc1. The molecule has 3 aromatic rings. The molecule has 0 aliphatic rings. The Morgan fingerprint density at radius 1 is 1.12 bits per heavy atom. The van der Waals surface area contributed by atoms with Gasteiger partial charge in [-0.1, -0.05) is 0 Å². The predicted octanol–water partition coefficient (Wildman–Crippen LogP) is 4.60. The van der Waals surface area contributed by atoms with Gasteiger partial charge in [0.1, 0.15) is 5.82 Å². The van der Waals surface area contributed by atoms with Crippen molar-refractivity contribution in [1.29, 1.82) is 0 Å². The van der Waals surface area contributed by atoms with Crippen LogP contribution < -0.4 is 5.43 Å². The van der Waals surface area contributed by atoms with Crippen LogP contribution in [-0.2, 0) is 0 Å². The van der Waals surface area contributed by atoms with Gasteiger partial charge in [0.15, 0.2) is 0 Å². The number of benzene rings is 2. The number of carbonyl (C=O) groups is 1. The highest BCUT2D eigenvalue weighted by molar-refractivity contribution is 14.1. The molecule has 1 heterocycles. The summed E-state index contributed by atoms with van der Waals surface area (Å²) < 4.78 is 16.2. The van der Waals surface area contributed by atoms with Gasteiger partial charge in [-0.2, -0.15) is 5.10 Å². The molecule has 0 atom stereocenters. The Morgan fingerprint density at radius 3 is 2.42 bits per heavy atom. The number of amides is 1. The molecule has 0 spiro atoms. The van der Waals surface area contributed by atoms with Gasteiger partial charge in [0.2, 0.25) is 0 Å². The molecular formula is C20H17FIN3O. The summed E-state index contributed by atoms with van der Waals surface area (Å²) in [4.78, 5) is 12.1. The van der Waals surface area contributed by atoms with E-state index in [9.17, 15) is 9.18 Å². The first-order valence-electron chi connectivity index (χ1n) is 7.99. The van der Waals surface area contributed by atoms with E-state index < -0.39 is 0 Å². The Bertz CT molecular complexity index is 960. The number of hydrazone groups is 1. The Morgan fingerprint density at radius 2 is 1.77 bits per heavy atom. The first-order chi connectivity index (χ1) is 12.5. The number of nitrogens with one attached hydrogen (secondary N) is 1. The maximum absolute atomic E-state index is 13.1. The van der Waals surface area contributed by atoms with E-state index in [1.165, 1.54) is 12.1 Å². The van der Waals surface area contributed by atoms with Crippen molar-refractivity contribution in [1.82, 2.24) is 9.99 Å². The number of rotatable bonds is 4. The number of aromatic nitrogens is 1. The number of hydrogen-bond donors (Lipinski definition) is 1. The molecule has 6 heteroatoms. The summed E-state index contributed by atoms with van der Waals surface area (Å²) in [6.45, 7) is 3.93. The average Bonchev–Trinajstić information content (AvgIpc) is 2.90. The second kappa shape index (κ2) is 7.82. The molecule has 0 unspecified atom stereocenters. The van der Waals surface area contributed by atoms with Crippen LogP contribution in [-0.4, -0.2) is 16.7 Å². The van der Waals surface area contributed by atoms with Crippen molar-refractivity contribution < 1.29 is 9.18 Å². The van der Waals surface area contributed by atoms with Crippen molar-refractivity contribution in [2.24, 2.45) is 5.10 Å². The van der Waals surface area contributed by atoms with Crippen LogP contribution in [0.5, 0.6) is 0 Å². The molecule has 0 bridgehead atoms. The summed E-state index contributed by atoms with van der Waals surface area (Å²) in [5.74, 6) is -0.527. The lowest BCUT2D eigenvalue weighted by atomic mass is 10.2. The topological polar surface area (TPSA) is 46.4 Å². The number of nitrogens with zero attached hydrogens (tertiary/aromatic N) is 2. The van der Waals surface area contributed by atoms with Crippen LogP contribution in [0.4, 0.5) is 4.39 Å². The minimum atomic E-state index is -0.267. The van der Waals surface area contributed by atoms with Crippen LogP contribution in [0.2, 0.25) is 0 Å². The van der Waals surface area contributed by atoms with Crippen molar-refractivity contribution in [3.05, 3.63) is 86.5 Å². The number of carbonyl (C=O) groups excluding carboxylic acids is 1. The van der Waals surface area contributed by atoms with Crippen molar-refractivity contribution >= 4 is 34.7 Å². The van der Waals surface area contributed by atoms with Gasteiger partial charge >= 0.3 is 0 Å². The highest BCUT2D eigenvalue weighted by Crippen LogP contribution is 2.20. The van der Waals surface area contributed by atoms with E-state index in [-0.39, 0.29) is 11.7 Å². The van der Waals surface area contributed by atoms with Crippen molar-refractivity contribution in [3.8, 4) is 5.69 Å². The maximum atomic E-state index is 13.1. The van der Waals surface area contributed by atoms with Gasteiger partial charge in [0.05, 0.1) is 6.21 Å². The standard InChI is InChI=1S/C20H17FIN3O/c1-13-11-16(14(2)25(13)19-9-5-17(21)6-10-19)12-23-24-20(26)15-3-7-18(22)8-4-15/h3-12H,1-2H3,(H,24,26)/b23-12-. The molecule has 4 nitrogen and oxygen atoms in total. The van der Waals surface area contributed by atoms with Gasteiger partial charge in [0, 0.05) is 31.8 Å².